The third-order valence-corrected chi connectivity index (χ3v) is 8.47. The standard InChI is InChI=1S/C37H42N6O3/c38-37(39)40-20-9-16-33-36(46)43(25-32(28-13-5-2-6-14-28)34(44)22-26-10-3-1-4-11-26)21-19-31(42-33)24-41-35(45)30-18-17-27-12-7-8-15-29(27)23-30/h1-8,10-15,17-18,23,31-33,42H,9,16,19-22,24-25H2,(H,41,45)(H4,38,39,40)/t31-,32?,33-/m0/s1. The number of amides is 2. The molecule has 1 saturated heterocycles. The first-order valence-corrected chi connectivity index (χ1v) is 15.9. The van der Waals surface area contributed by atoms with Crippen LogP contribution in [0.1, 0.15) is 46.7 Å². The van der Waals surface area contributed by atoms with Crippen molar-refractivity contribution in [3.05, 3.63) is 120 Å². The fourth-order valence-electron chi connectivity index (χ4n) is 6.00. The number of benzene rings is 4. The number of nitrogens with zero attached hydrogens (tertiary/aromatic N) is 2. The molecule has 1 fully saturated rings. The number of hydrogen-bond donors (Lipinski definition) is 4. The van der Waals surface area contributed by atoms with Crippen molar-refractivity contribution in [2.45, 2.75) is 43.7 Å². The molecule has 9 nitrogen and oxygen atoms in total. The molecule has 0 radical (unpaired) electrons. The molecular formula is C37H42N6O3. The van der Waals surface area contributed by atoms with E-state index in [-0.39, 0.29) is 42.6 Å². The number of ketones is 1. The van der Waals surface area contributed by atoms with Crippen LogP contribution >= 0.6 is 0 Å². The van der Waals surface area contributed by atoms with Crippen molar-refractivity contribution in [2.75, 3.05) is 26.2 Å². The Labute approximate surface area is 270 Å². The van der Waals surface area contributed by atoms with E-state index in [1.807, 2.05) is 108 Å². The van der Waals surface area contributed by atoms with Crippen molar-refractivity contribution >= 4 is 34.3 Å². The van der Waals surface area contributed by atoms with Crippen molar-refractivity contribution in [1.29, 1.82) is 0 Å². The van der Waals surface area contributed by atoms with Crippen LogP contribution < -0.4 is 22.1 Å². The number of carbonyl (C=O) groups excluding carboxylic acids is 3. The van der Waals surface area contributed by atoms with E-state index < -0.39 is 12.0 Å². The fourth-order valence-corrected chi connectivity index (χ4v) is 6.00. The normalized spacial score (nSPS) is 17.2. The zero-order valence-electron chi connectivity index (χ0n) is 26.0. The lowest BCUT2D eigenvalue weighted by Gasteiger charge is -2.28. The quantitative estimate of drug-likeness (QED) is 0.102. The lowest BCUT2D eigenvalue weighted by Crippen LogP contribution is -2.49. The molecule has 1 unspecified atom stereocenters. The van der Waals surface area contributed by atoms with Gasteiger partial charge in [0, 0.05) is 44.2 Å². The minimum Gasteiger partial charge on any atom is -0.370 e. The summed E-state index contributed by atoms with van der Waals surface area (Å²) in [5.41, 5.74) is 13.4. The van der Waals surface area contributed by atoms with E-state index >= 15 is 0 Å². The first kappa shape index (κ1) is 32.4. The molecule has 3 atom stereocenters. The van der Waals surface area contributed by atoms with Crippen molar-refractivity contribution in [3.8, 4) is 0 Å². The van der Waals surface area contributed by atoms with Gasteiger partial charge in [-0.05, 0) is 53.3 Å². The zero-order valence-corrected chi connectivity index (χ0v) is 26.0. The van der Waals surface area contributed by atoms with Gasteiger partial charge in [-0.25, -0.2) is 0 Å². The van der Waals surface area contributed by atoms with Crippen LogP contribution in [-0.2, 0) is 16.0 Å². The molecule has 1 aliphatic rings. The molecule has 9 heteroatoms. The van der Waals surface area contributed by atoms with E-state index in [2.05, 4.69) is 15.6 Å². The third kappa shape index (κ3) is 8.79. The SMILES string of the molecule is NC(N)=NCCC[C@@H]1N[C@H](CNC(=O)c2ccc3ccccc3c2)CCN(CC(C(=O)Cc2ccccc2)c2ccccc2)C1=O. The van der Waals surface area contributed by atoms with Gasteiger partial charge in [-0.2, -0.15) is 0 Å². The van der Waals surface area contributed by atoms with Gasteiger partial charge in [0.2, 0.25) is 5.91 Å². The summed E-state index contributed by atoms with van der Waals surface area (Å²) < 4.78 is 0. The Morgan fingerprint density at radius 2 is 1.61 bits per heavy atom. The topological polar surface area (TPSA) is 143 Å². The first-order chi connectivity index (χ1) is 22.4. The molecule has 1 aliphatic heterocycles. The Morgan fingerprint density at radius 1 is 0.913 bits per heavy atom. The number of fused-ring (bicyclic) bond motifs is 1. The minimum absolute atomic E-state index is 0.0127. The number of nitrogens with two attached hydrogens (primary N) is 2. The number of hydrogen-bond acceptors (Lipinski definition) is 5. The summed E-state index contributed by atoms with van der Waals surface area (Å²) in [7, 11) is 0. The zero-order chi connectivity index (χ0) is 32.3. The highest BCUT2D eigenvalue weighted by Gasteiger charge is 2.33. The van der Waals surface area contributed by atoms with E-state index in [0.29, 0.717) is 44.5 Å². The molecule has 0 spiro atoms. The second-order valence-corrected chi connectivity index (χ2v) is 11.8. The third-order valence-electron chi connectivity index (χ3n) is 8.47. The summed E-state index contributed by atoms with van der Waals surface area (Å²) in [6.45, 7) is 1.48. The van der Waals surface area contributed by atoms with Gasteiger partial charge < -0.3 is 27.0 Å². The van der Waals surface area contributed by atoms with Crippen LogP contribution in [0.3, 0.4) is 0 Å². The Morgan fingerprint density at radius 3 is 2.35 bits per heavy atom. The maximum absolute atomic E-state index is 14.0. The summed E-state index contributed by atoms with van der Waals surface area (Å²) in [6.07, 6.45) is 2.00. The maximum atomic E-state index is 14.0. The van der Waals surface area contributed by atoms with Crippen LogP contribution in [0.15, 0.2) is 108 Å². The molecule has 0 saturated carbocycles. The first-order valence-electron chi connectivity index (χ1n) is 15.9. The molecule has 0 bridgehead atoms. The summed E-state index contributed by atoms with van der Waals surface area (Å²) in [4.78, 5) is 46.8. The van der Waals surface area contributed by atoms with Gasteiger partial charge >= 0.3 is 0 Å². The van der Waals surface area contributed by atoms with E-state index in [1.165, 1.54) is 0 Å². The van der Waals surface area contributed by atoms with Crippen molar-refractivity contribution in [3.63, 3.8) is 0 Å². The van der Waals surface area contributed by atoms with Crippen LogP contribution in [0.25, 0.3) is 10.8 Å². The molecule has 1 heterocycles. The van der Waals surface area contributed by atoms with Gasteiger partial charge in [-0.1, -0.05) is 91.0 Å². The Kier molecular flexibility index (Phi) is 11.1. The number of nitrogens with one attached hydrogen (secondary N) is 2. The number of Topliss-reactive ketones (excluding diaryl/α,β-unsaturated/α-hetero) is 1. The van der Waals surface area contributed by atoms with Crippen LogP contribution in [0.5, 0.6) is 0 Å². The predicted octanol–water partition coefficient (Wildman–Crippen LogP) is 3.78. The van der Waals surface area contributed by atoms with Gasteiger partial charge in [0.15, 0.2) is 5.96 Å². The Bertz CT molecular complexity index is 1660. The number of rotatable bonds is 13. The number of aliphatic imine (C=N–C) groups is 1. The summed E-state index contributed by atoms with van der Waals surface area (Å²) in [5, 5.41) is 8.64. The van der Waals surface area contributed by atoms with Crippen LogP contribution in [0.2, 0.25) is 0 Å². The molecule has 238 valence electrons. The average Bonchev–Trinajstić information content (AvgIpc) is 3.22. The van der Waals surface area contributed by atoms with E-state index in [0.717, 1.165) is 21.9 Å². The van der Waals surface area contributed by atoms with Gasteiger partial charge in [0.1, 0.15) is 5.78 Å². The van der Waals surface area contributed by atoms with Crippen molar-refractivity contribution < 1.29 is 14.4 Å². The Hall–Kier alpha value is -5.02. The smallest absolute Gasteiger partial charge is 0.251 e. The monoisotopic (exact) mass is 618 g/mol. The van der Waals surface area contributed by atoms with Crippen LogP contribution in [-0.4, -0.2) is 66.7 Å². The van der Waals surface area contributed by atoms with Crippen LogP contribution in [0, 0.1) is 0 Å². The lowest BCUT2D eigenvalue weighted by atomic mass is 9.90. The Balaban J connectivity index is 1.31. The van der Waals surface area contributed by atoms with Crippen molar-refractivity contribution in [1.82, 2.24) is 15.5 Å². The van der Waals surface area contributed by atoms with E-state index in [9.17, 15) is 14.4 Å². The predicted molar refractivity (Wildman–Crippen MR) is 182 cm³/mol. The molecular weight excluding hydrogens is 576 g/mol. The fraction of sp³-hybridized carbons (Fsp3) is 0.297. The largest absolute Gasteiger partial charge is 0.370 e. The van der Waals surface area contributed by atoms with Crippen molar-refractivity contribution in [2.24, 2.45) is 16.5 Å². The van der Waals surface area contributed by atoms with Gasteiger partial charge in [-0.15, -0.1) is 0 Å². The van der Waals surface area contributed by atoms with Gasteiger partial charge in [0.25, 0.3) is 5.91 Å². The molecule has 2 amide bonds. The van der Waals surface area contributed by atoms with Crippen LogP contribution in [0.4, 0.5) is 0 Å². The van der Waals surface area contributed by atoms with Gasteiger partial charge in [0.05, 0.1) is 12.0 Å². The molecule has 4 aromatic carbocycles. The summed E-state index contributed by atoms with van der Waals surface area (Å²) >= 11 is 0. The molecule has 5 rings (SSSR count). The lowest BCUT2D eigenvalue weighted by molar-refractivity contribution is -0.133. The molecule has 0 aliphatic carbocycles. The molecule has 0 aromatic heterocycles. The molecule has 6 N–H and O–H groups in total. The minimum atomic E-state index is -0.514. The van der Waals surface area contributed by atoms with E-state index in [4.69, 9.17) is 11.5 Å². The highest BCUT2D eigenvalue weighted by atomic mass is 16.2. The maximum Gasteiger partial charge on any atom is 0.251 e. The molecule has 4 aromatic rings. The summed E-state index contributed by atoms with van der Waals surface area (Å²) in [6, 6.07) is 32.3. The van der Waals surface area contributed by atoms with Gasteiger partial charge in [-0.3, -0.25) is 19.4 Å². The highest BCUT2D eigenvalue weighted by molar-refractivity contribution is 5.98. The molecule has 46 heavy (non-hydrogen) atoms. The average molecular weight is 619 g/mol. The van der Waals surface area contributed by atoms with E-state index in [1.54, 1.807) is 0 Å². The highest BCUT2D eigenvalue weighted by Crippen LogP contribution is 2.23. The second kappa shape index (κ2) is 15.8. The second-order valence-electron chi connectivity index (χ2n) is 11.8. The number of carbonyl (C=O) groups is 3. The number of guanidine groups is 1. The summed E-state index contributed by atoms with van der Waals surface area (Å²) in [5.74, 6) is -0.636.